The van der Waals surface area contributed by atoms with E-state index in [1.165, 1.54) is 340 Å². The molecule has 1 unspecified atom stereocenters. The summed E-state index contributed by atoms with van der Waals surface area (Å²) < 4.78 is 17.0. The minimum atomic E-state index is -0.763. The molecule has 0 rings (SSSR count). The molecule has 0 fully saturated rings. The fraction of sp³-hybridized carbons (Fsp3) is 0.959. The second-order valence-corrected chi connectivity index (χ2v) is 25.6. The van der Waals surface area contributed by atoms with Gasteiger partial charge in [-0.25, -0.2) is 0 Å². The van der Waals surface area contributed by atoms with Gasteiger partial charge < -0.3 is 14.2 Å². The van der Waals surface area contributed by atoms with Gasteiger partial charge in [0.15, 0.2) is 6.10 Å². The summed E-state index contributed by atoms with van der Waals surface area (Å²) in [4.78, 5) is 38.4. The smallest absolute Gasteiger partial charge is 0.306 e. The Bertz CT molecular complexity index is 1200. The van der Waals surface area contributed by atoms with Crippen molar-refractivity contribution in [2.24, 2.45) is 0 Å². The summed E-state index contributed by atoms with van der Waals surface area (Å²) in [6.45, 7) is 6.73. The van der Waals surface area contributed by atoms with Gasteiger partial charge in [-0.2, -0.15) is 0 Å². The summed E-state index contributed by atoms with van der Waals surface area (Å²) in [7, 11) is 0. The minimum absolute atomic E-state index is 0.0604. The van der Waals surface area contributed by atoms with Crippen molar-refractivity contribution in [3.63, 3.8) is 0 Å². The van der Waals surface area contributed by atoms with Crippen LogP contribution in [-0.4, -0.2) is 37.2 Å². The molecular formula is C74H144O6. The maximum absolute atomic E-state index is 12.9. The van der Waals surface area contributed by atoms with E-state index in [4.69, 9.17) is 14.2 Å². The maximum Gasteiger partial charge on any atom is 0.306 e. The van der Waals surface area contributed by atoms with Crippen molar-refractivity contribution in [2.45, 2.75) is 444 Å². The molecule has 0 aliphatic carbocycles. The first-order chi connectivity index (χ1) is 39.5. The molecule has 0 spiro atoms. The lowest BCUT2D eigenvalue weighted by Crippen LogP contribution is -2.30. The molecule has 0 aliphatic rings. The van der Waals surface area contributed by atoms with Crippen LogP contribution in [0.4, 0.5) is 0 Å². The Morgan fingerprint density at radius 1 is 0.200 bits per heavy atom. The fourth-order valence-electron chi connectivity index (χ4n) is 11.8. The van der Waals surface area contributed by atoms with Crippen LogP contribution in [0.25, 0.3) is 0 Å². The van der Waals surface area contributed by atoms with Crippen molar-refractivity contribution in [1.29, 1.82) is 0 Å². The molecule has 0 aliphatic heterocycles. The molecule has 0 aromatic rings. The average molecular weight is 1130 g/mol. The van der Waals surface area contributed by atoms with Crippen LogP contribution in [0, 0.1) is 0 Å². The SMILES string of the molecule is CCCCCCCCCCCCCCCCCCCCCCCCCCCCCCCC(=O)OCC(COC(=O)CCCCCCCCCCCC)OC(=O)CCCCCCCCCCCCCCCCCCCCCCCCC. The van der Waals surface area contributed by atoms with Gasteiger partial charge in [0.2, 0.25) is 0 Å². The zero-order valence-electron chi connectivity index (χ0n) is 54.9. The largest absolute Gasteiger partial charge is 0.462 e. The topological polar surface area (TPSA) is 78.9 Å². The van der Waals surface area contributed by atoms with Crippen molar-refractivity contribution >= 4 is 17.9 Å². The standard InChI is InChI=1S/C74H144O6/c1-4-7-10-13-16-19-22-24-26-28-30-32-34-35-36-37-38-39-41-42-44-46-48-50-52-55-58-61-64-67-73(76)79-70-71(69-78-72(75)66-63-60-57-54-21-18-15-12-9-6-3)80-74(77)68-65-62-59-56-53-51-49-47-45-43-40-33-31-29-27-25-23-20-17-14-11-8-5-2/h71H,4-70H2,1-3H3. The van der Waals surface area contributed by atoms with Gasteiger partial charge in [0.25, 0.3) is 0 Å². The van der Waals surface area contributed by atoms with Gasteiger partial charge in [-0.05, 0) is 19.3 Å². The highest BCUT2D eigenvalue weighted by atomic mass is 16.6. The summed E-state index contributed by atoms with van der Waals surface area (Å²) in [6.07, 6.45) is 83.1. The quantitative estimate of drug-likeness (QED) is 0.0343. The normalized spacial score (nSPS) is 11.9. The Hall–Kier alpha value is -1.59. The van der Waals surface area contributed by atoms with Gasteiger partial charge in [-0.15, -0.1) is 0 Å². The van der Waals surface area contributed by atoms with Gasteiger partial charge in [0.05, 0.1) is 0 Å². The number of rotatable bonds is 70. The van der Waals surface area contributed by atoms with E-state index in [0.29, 0.717) is 19.3 Å². The van der Waals surface area contributed by atoms with Gasteiger partial charge in [-0.1, -0.05) is 400 Å². The summed E-state index contributed by atoms with van der Waals surface area (Å²) >= 11 is 0. The molecule has 0 saturated carbocycles. The molecule has 6 nitrogen and oxygen atoms in total. The van der Waals surface area contributed by atoms with Crippen molar-refractivity contribution < 1.29 is 28.6 Å². The third-order valence-electron chi connectivity index (χ3n) is 17.4. The van der Waals surface area contributed by atoms with E-state index >= 15 is 0 Å². The first kappa shape index (κ1) is 78.4. The molecule has 0 saturated heterocycles. The molecule has 6 heteroatoms. The summed E-state index contributed by atoms with van der Waals surface area (Å²) in [5.74, 6) is -0.823. The highest BCUT2D eigenvalue weighted by Crippen LogP contribution is 2.20. The Balaban J connectivity index is 4.06. The van der Waals surface area contributed by atoms with Crippen molar-refractivity contribution in [2.75, 3.05) is 13.2 Å². The highest BCUT2D eigenvalue weighted by molar-refractivity contribution is 5.71. The van der Waals surface area contributed by atoms with Crippen LogP contribution in [-0.2, 0) is 28.6 Å². The minimum Gasteiger partial charge on any atom is -0.462 e. The molecule has 0 heterocycles. The van der Waals surface area contributed by atoms with E-state index in [-0.39, 0.29) is 31.1 Å². The number of esters is 3. The predicted octanol–water partition coefficient (Wildman–Crippen LogP) is 25.4. The summed E-state index contributed by atoms with van der Waals surface area (Å²) in [5, 5.41) is 0. The van der Waals surface area contributed by atoms with Crippen LogP contribution in [0.2, 0.25) is 0 Å². The molecule has 0 N–H and O–H groups in total. The fourth-order valence-corrected chi connectivity index (χ4v) is 11.8. The van der Waals surface area contributed by atoms with E-state index in [2.05, 4.69) is 20.8 Å². The molecule has 476 valence electrons. The Morgan fingerprint density at radius 3 is 0.500 bits per heavy atom. The molecule has 0 amide bonds. The zero-order chi connectivity index (χ0) is 57.8. The zero-order valence-corrected chi connectivity index (χ0v) is 54.9. The van der Waals surface area contributed by atoms with Gasteiger partial charge in [-0.3, -0.25) is 14.4 Å². The highest BCUT2D eigenvalue weighted by Gasteiger charge is 2.20. The van der Waals surface area contributed by atoms with Crippen molar-refractivity contribution in [1.82, 2.24) is 0 Å². The number of unbranched alkanes of at least 4 members (excludes halogenated alkanes) is 59. The maximum atomic E-state index is 12.9. The average Bonchev–Trinajstić information content (AvgIpc) is 3.46. The molecule has 0 bridgehead atoms. The van der Waals surface area contributed by atoms with Crippen LogP contribution in [0.1, 0.15) is 438 Å². The lowest BCUT2D eigenvalue weighted by Gasteiger charge is -2.18. The van der Waals surface area contributed by atoms with Crippen LogP contribution in [0.15, 0.2) is 0 Å². The predicted molar refractivity (Wildman–Crippen MR) is 349 cm³/mol. The van der Waals surface area contributed by atoms with Crippen LogP contribution in [0.5, 0.6) is 0 Å². The monoisotopic (exact) mass is 1130 g/mol. The van der Waals surface area contributed by atoms with Crippen LogP contribution >= 0.6 is 0 Å². The van der Waals surface area contributed by atoms with E-state index in [1.807, 2.05) is 0 Å². The first-order valence-electron chi connectivity index (χ1n) is 37.0. The Morgan fingerprint density at radius 2 is 0.338 bits per heavy atom. The Kier molecular flexibility index (Phi) is 68.5. The summed E-state index contributed by atoms with van der Waals surface area (Å²) in [5.41, 5.74) is 0. The van der Waals surface area contributed by atoms with E-state index in [9.17, 15) is 14.4 Å². The van der Waals surface area contributed by atoms with E-state index in [0.717, 1.165) is 57.8 Å². The number of carbonyl (C=O) groups excluding carboxylic acids is 3. The van der Waals surface area contributed by atoms with Gasteiger partial charge in [0.1, 0.15) is 13.2 Å². The lowest BCUT2D eigenvalue weighted by atomic mass is 10.0. The summed E-state index contributed by atoms with van der Waals surface area (Å²) in [6, 6.07) is 0. The molecule has 1 atom stereocenters. The van der Waals surface area contributed by atoms with Crippen LogP contribution < -0.4 is 0 Å². The third-order valence-corrected chi connectivity index (χ3v) is 17.4. The van der Waals surface area contributed by atoms with E-state index in [1.54, 1.807) is 0 Å². The number of hydrogen-bond donors (Lipinski definition) is 0. The molecule has 0 radical (unpaired) electrons. The van der Waals surface area contributed by atoms with E-state index < -0.39 is 6.10 Å². The third kappa shape index (κ3) is 67.2. The number of ether oxygens (including phenoxy) is 3. The second kappa shape index (κ2) is 69.9. The van der Waals surface area contributed by atoms with Gasteiger partial charge >= 0.3 is 17.9 Å². The number of hydrogen-bond acceptors (Lipinski definition) is 6. The molecule has 0 aromatic heterocycles. The van der Waals surface area contributed by atoms with Crippen molar-refractivity contribution in [3.05, 3.63) is 0 Å². The van der Waals surface area contributed by atoms with Gasteiger partial charge in [0, 0.05) is 19.3 Å². The number of carbonyl (C=O) groups is 3. The molecule has 80 heavy (non-hydrogen) atoms. The molecular weight excluding hydrogens is 985 g/mol. The Labute approximate surface area is 501 Å². The lowest BCUT2D eigenvalue weighted by molar-refractivity contribution is -0.167. The van der Waals surface area contributed by atoms with Crippen molar-refractivity contribution in [3.8, 4) is 0 Å². The first-order valence-corrected chi connectivity index (χ1v) is 37.0. The molecule has 0 aromatic carbocycles. The second-order valence-electron chi connectivity index (χ2n) is 25.6. The van der Waals surface area contributed by atoms with Crippen LogP contribution in [0.3, 0.4) is 0 Å².